The fourth-order valence-corrected chi connectivity index (χ4v) is 4.12. The maximum Gasteiger partial charge on any atom is 0.312 e. The first-order chi connectivity index (χ1) is 18.4. The van der Waals surface area contributed by atoms with Crippen LogP contribution < -0.4 is 9.47 Å². The number of nitrogens with zero attached hydrogens (tertiary/aromatic N) is 1. The SMILES string of the molecule is COC(=O)C(C)c1ccc(OCCCCOc2ccc(CC(=O)N(C)CCc3ccccc3)cc2)c(Cl)c1. The minimum Gasteiger partial charge on any atom is -0.494 e. The smallest absolute Gasteiger partial charge is 0.312 e. The minimum absolute atomic E-state index is 0.0994. The number of ether oxygens (including phenoxy) is 3. The van der Waals surface area contributed by atoms with Crippen LogP contribution in [-0.2, 0) is 27.2 Å². The van der Waals surface area contributed by atoms with Crippen LogP contribution in [-0.4, -0.2) is 50.7 Å². The quantitative estimate of drug-likeness (QED) is 0.184. The molecule has 6 nitrogen and oxygen atoms in total. The average Bonchev–Trinajstić information content (AvgIpc) is 2.94. The molecule has 1 amide bonds. The topological polar surface area (TPSA) is 65.1 Å². The van der Waals surface area contributed by atoms with Gasteiger partial charge in [-0.15, -0.1) is 0 Å². The maximum absolute atomic E-state index is 12.6. The van der Waals surface area contributed by atoms with Crippen molar-refractivity contribution in [2.75, 3.05) is 33.9 Å². The van der Waals surface area contributed by atoms with Crippen molar-refractivity contribution in [1.82, 2.24) is 4.90 Å². The summed E-state index contributed by atoms with van der Waals surface area (Å²) in [5.41, 5.74) is 2.98. The van der Waals surface area contributed by atoms with Gasteiger partial charge in [-0.25, -0.2) is 0 Å². The second-order valence-corrected chi connectivity index (χ2v) is 9.62. The van der Waals surface area contributed by atoms with Crippen LogP contribution in [0.1, 0.15) is 42.4 Å². The van der Waals surface area contributed by atoms with Crippen LogP contribution in [0.15, 0.2) is 72.8 Å². The van der Waals surface area contributed by atoms with E-state index >= 15 is 0 Å². The first kappa shape index (κ1) is 29.1. The Labute approximate surface area is 230 Å². The van der Waals surface area contributed by atoms with Gasteiger partial charge >= 0.3 is 5.97 Å². The highest BCUT2D eigenvalue weighted by Gasteiger charge is 2.17. The van der Waals surface area contributed by atoms with Gasteiger partial charge in [0, 0.05) is 13.6 Å². The van der Waals surface area contributed by atoms with Crippen molar-refractivity contribution < 1.29 is 23.8 Å². The first-order valence-corrected chi connectivity index (χ1v) is 13.2. The van der Waals surface area contributed by atoms with Gasteiger partial charge in [0.1, 0.15) is 11.5 Å². The molecule has 0 N–H and O–H groups in total. The summed E-state index contributed by atoms with van der Waals surface area (Å²) in [5.74, 6) is 0.772. The molecular formula is C31H36ClNO5. The largest absolute Gasteiger partial charge is 0.494 e. The average molecular weight is 538 g/mol. The fraction of sp³-hybridized carbons (Fsp3) is 0.355. The summed E-state index contributed by atoms with van der Waals surface area (Å²) in [6.45, 7) is 3.54. The highest BCUT2D eigenvalue weighted by Crippen LogP contribution is 2.29. The number of esters is 1. The maximum atomic E-state index is 12.6. The Bertz CT molecular complexity index is 1170. The summed E-state index contributed by atoms with van der Waals surface area (Å²) in [4.78, 5) is 26.0. The van der Waals surface area contributed by atoms with Gasteiger partial charge in [-0.3, -0.25) is 9.59 Å². The van der Waals surface area contributed by atoms with E-state index < -0.39 is 0 Å². The van der Waals surface area contributed by atoms with Gasteiger partial charge in [0.25, 0.3) is 0 Å². The Balaban J connectivity index is 1.32. The van der Waals surface area contributed by atoms with E-state index in [2.05, 4.69) is 12.1 Å². The van der Waals surface area contributed by atoms with Crippen molar-refractivity contribution in [1.29, 1.82) is 0 Å². The van der Waals surface area contributed by atoms with E-state index in [-0.39, 0.29) is 17.8 Å². The molecule has 0 bridgehead atoms. The third kappa shape index (κ3) is 9.10. The number of unbranched alkanes of at least 4 members (excludes halogenated alkanes) is 1. The highest BCUT2D eigenvalue weighted by atomic mass is 35.5. The van der Waals surface area contributed by atoms with Gasteiger partial charge in [0.2, 0.25) is 5.91 Å². The van der Waals surface area contributed by atoms with E-state index in [0.29, 0.717) is 37.0 Å². The number of rotatable bonds is 14. The van der Waals surface area contributed by atoms with Crippen molar-refractivity contribution >= 4 is 23.5 Å². The van der Waals surface area contributed by atoms with Gasteiger partial charge in [-0.1, -0.05) is 60.1 Å². The summed E-state index contributed by atoms with van der Waals surface area (Å²) >= 11 is 6.32. The number of benzene rings is 3. The number of hydrogen-bond acceptors (Lipinski definition) is 5. The number of methoxy groups -OCH3 is 1. The third-order valence-corrected chi connectivity index (χ3v) is 6.65. The second-order valence-electron chi connectivity index (χ2n) is 9.21. The first-order valence-electron chi connectivity index (χ1n) is 12.9. The number of hydrogen-bond donors (Lipinski definition) is 0. The van der Waals surface area contributed by atoms with Crippen molar-refractivity contribution in [3.05, 3.63) is 94.5 Å². The van der Waals surface area contributed by atoms with E-state index in [1.54, 1.807) is 24.0 Å². The molecule has 0 radical (unpaired) electrons. The van der Waals surface area contributed by atoms with Crippen LogP contribution in [0.2, 0.25) is 5.02 Å². The fourth-order valence-electron chi connectivity index (χ4n) is 3.87. The zero-order valence-electron chi connectivity index (χ0n) is 22.3. The van der Waals surface area contributed by atoms with E-state index in [0.717, 1.165) is 36.1 Å². The molecule has 38 heavy (non-hydrogen) atoms. The zero-order valence-corrected chi connectivity index (χ0v) is 23.1. The van der Waals surface area contributed by atoms with Crippen LogP contribution in [0.3, 0.4) is 0 Å². The molecule has 202 valence electrons. The van der Waals surface area contributed by atoms with Crippen LogP contribution in [0, 0.1) is 0 Å². The van der Waals surface area contributed by atoms with Crippen LogP contribution >= 0.6 is 11.6 Å². The normalized spacial score (nSPS) is 11.5. The molecule has 0 aliphatic heterocycles. The molecule has 0 aliphatic carbocycles. The lowest BCUT2D eigenvalue weighted by Gasteiger charge is -2.17. The second kappa shape index (κ2) is 15.0. The predicted octanol–water partition coefficient (Wildman–Crippen LogP) is 6.10. The lowest BCUT2D eigenvalue weighted by atomic mass is 10.0. The highest BCUT2D eigenvalue weighted by molar-refractivity contribution is 6.32. The standard InChI is InChI=1S/C31H36ClNO5/c1-23(31(35)36-3)26-13-16-29(28(32)22-26)38-20-8-7-19-37-27-14-11-25(12-15-27)21-30(34)33(2)18-17-24-9-5-4-6-10-24/h4-6,9-16,22-23H,7-8,17-21H2,1-3H3. The molecule has 0 aliphatic rings. The molecule has 3 rings (SSSR count). The lowest BCUT2D eigenvalue weighted by Crippen LogP contribution is -2.30. The number of halogens is 1. The molecule has 0 heterocycles. The van der Waals surface area contributed by atoms with E-state index in [4.69, 9.17) is 25.8 Å². The van der Waals surface area contributed by atoms with Crippen molar-refractivity contribution in [3.8, 4) is 11.5 Å². The molecule has 0 saturated heterocycles. The van der Waals surface area contributed by atoms with Crippen LogP contribution in [0.4, 0.5) is 0 Å². The minimum atomic E-state index is -0.385. The zero-order chi connectivity index (χ0) is 27.3. The Kier molecular flexibility index (Phi) is 11.5. The van der Waals surface area contributed by atoms with Crippen molar-refractivity contribution in [3.63, 3.8) is 0 Å². The monoisotopic (exact) mass is 537 g/mol. The van der Waals surface area contributed by atoms with Crippen LogP contribution in [0.25, 0.3) is 0 Å². The van der Waals surface area contributed by atoms with Crippen molar-refractivity contribution in [2.45, 2.75) is 38.5 Å². The molecule has 7 heteroatoms. The summed E-state index contributed by atoms with van der Waals surface area (Å²) in [5, 5.41) is 0.468. The molecule has 0 saturated carbocycles. The number of carbonyl (C=O) groups excluding carboxylic acids is 2. The molecule has 0 spiro atoms. The molecule has 0 aromatic heterocycles. The van der Waals surface area contributed by atoms with Gasteiger partial charge in [0.15, 0.2) is 0 Å². The molecule has 3 aromatic rings. The van der Waals surface area contributed by atoms with Crippen molar-refractivity contribution in [2.24, 2.45) is 0 Å². The Hall–Kier alpha value is -3.51. The van der Waals surface area contributed by atoms with E-state index in [9.17, 15) is 9.59 Å². The molecule has 1 unspecified atom stereocenters. The van der Waals surface area contributed by atoms with E-state index in [1.807, 2.05) is 55.6 Å². The predicted molar refractivity (Wildman–Crippen MR) is 150 cm³/mol. The van der Waals surface area contributed by atoms with Gasteiger partial charge in [-0.2, -0.15) is 0 Å². The summed E-state index contributed by atoms with van der Waals surface area (Å²) in [6.07, 6.45) is 2.84. The van der Waals surface area contributed by atoms with Gasteiger partial charge in [-0.05, 0) is 67.1 Å². The van der Waals surface area contributed by atoms with Gasteiger partial charge in [0.05, 0.1) is 37.7 Å². The summed E-state index contributed by atoms with van der Waals surface area (Å²) in [7, 11) is 3.22. The lowest BCUT2D eigenvalue weighted by molar-refractivity contribution is -0.142. The Morgan fingerprint density at radius 2 is 1.58 bits per heavy atom. The molecule has 0 fully saturated rings. The molecular weight excluding hydrogens is 502 g/mol. The van der Waals surface area contributed by atoms with Gasteiger partial charge < -0.3 is 19.1 Å². The number of carbonyl (C=O) groups is 2. The Morgan fingerprint density at radius 1 is 0.895 bits per heavy atom. The summed E-state index contributed by atoms with van der Waals surface area (Å²) in [6, 6.07) is 23.2. The molecule has 3 aromatic carbocycles. The Morgan fingerprint density at radius 3 is 2.24 bits per heavy atom. The van der Waals surface area contributed by atoms with E-state index in [1.165, 1.54) is 12.7 Å². The number of likely N-dealkylation sites (N-methyl/N-ethyl adjacent to an activating group) is 1. The van der Waals surface area contributed by atoms with Crippen LogP contribution in [0.5, 0.6) is 11.5 Å². The summed E-state index contributed by atoms with van der Waals surface area (Å²) < 4.78 is 16.4. The number of amides is 1. The molecule has 1 atom stereocenters. The third-order valence-electron chi connectivity index (χ3n) is 6.36.